The molecule has 0 aliphatic rings. The third-order valence-corrected chi connectivity index (χ3v) is 3.05. The summed E-state index contributed by atoms with van der Waals surface area (Å²) in [4.78, 5) is 0. The third kappa shape index (κ3) is 2.71. The Morgan fingerprint density at radius 2 is 1.16 bits per heavy atom. The third-order valence-electron chi connectivity index (χ3n) is 3.05. The van der Waals surface area contributed by atoms with Gasteiger partial charge in [0.1, 0.15) is 0 Å². The molecule has 0 radical (unpaired) electrons. The van der Waals surface area contributed by atoms with Crippen molar-refractivity contribution in [1.82, 2.24) is 0 Å². The van der Waals surface area contributed by atoms with E-state index in [9.17, 15) is 0 Å². The summed E-state index contributed by atoms with van der Waals surface area (Å²) in [7, 11) is 6.36. The molecule has 1 rings (SSSR count). The molecule has 1 aromatic carbocycles. The molecule has 0 aliphatic heterocycles. The lowest BCUT2D eigenvalue weighted by atomic mass is 9.99. The summed E-state index contributed by atoms with van der Waals surface area (Å²) in [6, 6.07) is 0. The van der Waals surface area contributed by atoms with Crippen LogP contribution < -0.4 is 24.7 Å². The van der Waals surface area contributed by atoms with E-state index in [1.807, 2.05) is 0 Å². The maximum absolute atomic E-state index is 5.86. The summed E-state index contributed by atoms with van der Waals surface area (Å²) in [5, 5.41) is 0. The average Bonchev–Trinajstić information content (AvgIpc) is 2.45. The molecule has 19 heavy (non-hydrogen) atoms. The number of nitrogens with two attached hydrogens (primary N) is 1. The van der Waals surface area contributed by atoms with Gasteiger partial charge in [0.25, 0.3) is 0 Å². The minimum atomic E-state index is 0.356. The van der Waals surface area contributed by atoms with E-state index in [2.05, 4.69) is 6.92 Å². The molecular formula is C14H23NO4. The molecule has 5 heteroatoms. The Balaban J connectivity index is 3.68. The standard InChI is InChI=1S/C14H23NO4/c1-6-7-9-10(8-15)12(17-3)14(19-5)13(18-4)11(9)16-2/h6-8,15H2,1-5H3. The lowest BCUT2D eigenvalue weighted by Crippen LogP contribution is -2.09. The van der Waals surface area contributed by atoms with Crippen molar-refractivity contribution in [1.29, 1.82) is 0 Å². The first kappa shape index (κ1) is 15.4. The second-order valence-electron chi connectivity index (χ2n) is 4.04. The maximum atomic E-state index is 5.86. The molecule has 0 aliphatic carbocycles. The van der Waals surface area contributed by atoms with Gasteiger partial charge in [-0.05, 0) is 6.42 Å². The normalized spacial score (nSPS) is 10.2. The predicted octanol–water partition coefficient (Wildman–Crippen LogP) is 2.13. The summed E-state index contributed by atoms with van der Waals surface area (Å²) in [5.74, 6) is 2.35. The SMILES string of the molecule is CCCc1c(CN)c(OC)c(OC)c(OC)c1OC. The topological polar surface area (TPSA) is 62.9 Å². The summed E-state index contributed by atoms with van der Waals surface area (Å²) >= 11 is 0. The van der Waals surface area contributed by atoms with Crippen molar-refractivity contribution in [2.45, 2.75) is 26.3 Å². The lowest BCUT2D eigenvalue weighted by molar-refractivity contribution is 0.301. The van der Waals surface area contributed by atoms with Gasteiger partial charge in [0.15, 0.2) is 11.5 Å². The molecular weight excluding hydrogens is 246 g/mol. The highest BCUT2D eigenvalue weighted by molar-refractivity contribution is 5.67. The largest absolute Gasteiger partial charge is 0.492 e. The molecule has 0 atom stereocenters. The van der Waals surface area contributed by atoms with Gasteiger partial charge in [-0.15, -0.1) is 0 Å². The summed E-state index contributed by atoms with van der Waals surface area (Å²) in [5.41, 5.74) is 7.78. The number of hydrogen-bond acceptors (Lipinski definition) is 5. The second-order valence-corrected chi connectivity index (χ2v) is 4.04. The van der Waals surface area contributed by atoms with Crippen molar-refractivity contribution in [2.24, 2.45) is 5.73 Å². The van der Waals surface area contributed by atoms with Crippen LogP contribution in [0.3, 0.4) is 0 Å². The molecule has 0 aromatic heterocycles. The Morgan fingerprint density at radius 1 is 0.737 bits per heavy atom. The van der Waals surface area contributed by atoms with E-state index in [-0.39, 0.29) is 0 Å². The predicted molar refractivity (Wildman–Crippen MR) is 74.5 cm³/mol. The van der Waals surface area contributed by atoms with Gasteiger partial charge in [0, 0.05) is 17.7 Å². The number of ether oxygens (including phenoxy) is 4. The molecule has 0 unspecified atom stereocenters. The molecule has 5 nitrogen and oxygen atoms in total. The average molecular weight is 269 g/mol. The van der Waals surface area contributed by atoms with Crippen LogP contribution in [0, 0.1) is 0 Å². The Labute approximate surface area is 114 Å². The van der Waals surface area contributed by atoms with Crippen LogP contribution in [0.2, 0.25) is 0 Å². The van der Waals surface area contributed by atoms with Gasteiger partial charge in [-0.25, -0.2) is 0 Å². The first-order valence-electron chi connectivity index (χ1n) is 6.27. The van der Waals surface area contributed by atoms with E-state index < -0.39 is 0 Å². The molecule has 0 fully saturated rings. The molecule has 1 aromatic rings. The fourth-order valence-corrected chi connectivity index (χ4v) is 2.29. The van der Waals surface area contributed by atoms with Crippen LogP contribution in [0.25, 0.3) is 0 Å². The lowest BCUT2D eigenvalue weighted by Gasteiger charge is -2.22. The molecule has 2 N–H and O–H groups in total. The van der Waals surface area contributed by atoms with Crippen LogP contribution in [-0.4, -0.2) is 28.4 Å². The molecule has 0 heterocycles. The highest BCUT2D eigenvalue weighted by atomic mass is 16.5. The Kier molecular flexibility index (Phi) is 5.76. The van der Waals surface area contributed by atoms with Gasteiger partial charge in [-0.1, -0.05) is 13.3 Å². The maximum Gasteiger partial charge on any atom is 0.207 e. The minimum Gasteiger partial charge on any atom is -0.492 e. The second kappa shape index (κ2) is 7.09. The molecule has 0 amide bonds. The summed E-state index contributed by atoms with van der Waals surface area (Å²) in [6.07, 6.45) is 1.81. The zero-order chi connectivity index (χ0) is 14.4. The first-order valence-corrected chi connectivity index (χ1v) is 6.27. The van der Waals surface area contributed by atoms with Gasteiger partial charge in [-0.3, -0.25) is 0 Å². The van der Waals surface area contributed by atoms with Crippen molar-refractivity contribution in [3.05, 3.63) is 11.1 Å². The quantitative estimate of drug-likeness (QED) is 0.821. The Morgan fingerprint density at radius 3 is 1.47 bits per heavy atom. The van der Waals surface area contributed by atoms with Crippen LogP contribution in [-0.2, 0) is 13.0 Å². The first-order chi connectivity index (χ1) is 9.19. The van der Waals surface area contributed by atoms with E-state index in [1.54, 1.807) is 28.4 Å². The summed E-state index contributed by atoms with van der Waals surface area (Å²) in [6.45, 7) is 2.46. The highest BCUT2D eigenvalue weighted by Crippen LogP contribution is 2.49. The van der Waals surface area contributed by atoms with Gasteiger partial charge in [0.2, 0.25) is 11.5 Å². The number of benzene rings is 1. The molecule has 108 valence electrons. The van der Waals surface area contributed by atoms with Crippen LogP contribution in [0.15, 0.2) is 0 Å². The number of methoxy groups -OCH3 is 4. The van der Waals surface area contributed by atoms with E-state index >= 15 is 0 Å². The van der Waals surface area contributed by atoms with E-state index in [0.717, 1.165) is 24.0 Å². The van der Waals surface area contributed by atoms with Gasteiger partial charge in [-0.2, -0.15) is 0 Å². The van der Waals surface area contributed by atoms with Gasteiger partial charge < -0.3 is 24.7 Å². The highest BCUT2D eigenvalue weighted by Gasteiger charge is 2.25. The zero-order valence-electron chi connectivity index (χ0n) is 12.3. The molecule has 0 saturated heterocycles. The Hall–Kier alpha value is -1.62. The van der Waals surface area contributed by atoms with Crippen LogP contribution in [0.5, 0.6) is 23.0 Å². The van der Waals surface area contributed by atoms with Crippen molar-refractivity contribution < 1.29 is 18.9 Å². The zero-order valence-corrected chi connectivity index (χ0v) is 12.3. The Bertz CT molecular complexity index is 399. The fraction of sp³-hybridized carbons (Fsp3) is 0.571. The van der Waals surface area contributed by atoms with Crippen LogP contribution in [0.4, 0.5) is 0 Å². The number of hydrogen-bond donors (Lipinski definition) is 1. The van der Waals surface area contributed by atoms with Gasteiger partial charge in [0.05, 0.1) is 28.4 Å². The minimum absolute atomic E-state index is 0.356. The monoisotopic (exact) mass is 269 g/mol. The van der Waals surface area contributed by atoms with Crippen LogP contribution in [0.1, 0.15) is 24.5 Å². The molecule has 0 bridgehead atoms. The van der Waals surface area contributed by atoms with Crippen molar-refractivity contribution in [3.8, 4) is 23.0 Å². The van der Waals surface area contributed by atoms with Crippen LogP contribution >= 0.6 is 0 Å². The van der Waals surface area contributed by atoms with E-state index in [1.165, 1.54) is 0 Å². The van der Waals surface area contributed by atoms with Gasteiger partial charge >= 0.3 is 0 Å². The van der Waals surface area contributed by atoms with E-state index in [4.69, 9.17) is 24.7 Å². The fourth-order valence-electron chi connectivity index (χ4n) is 2.29. The smallest absolute Gasteiger partial charge is 0.207 e. The van der Waals surface area contributed by atoms with Crippen molar-refractivity contribution in [3.63, 3.8) is 0 Å². The molecule has 0 spiro atoms. The molecule has 0 saturated carbocycles. The summed E-state index contributed by atoms with van der Waals surface area (Å²) < 4.78 is 21.7. The van der Waals surface area contributed by atoms with Crippen molar-refractivity contribution >= 4 is 0 Å². The van der Waals surface area contributed by atoms with E-state index in [0.29, 0.717) is 29.5 Å². The van der Waals surface area contributed by atoms with Crippen molar-refractivity contribution in [2.75, 3.05) is 28.4 Å². The number of rotatable bonds is 7.